The van der Waals surface area contributed by atoms with E-state index < -0.39 is 5.91 Å². The minimum absolute atomic E-state index is 0. The van der Waals surface area contributed by atoms with Crippen molar-refractivity contribution in [3.8, 4) is 11.3 Å². The number of nitrogens with zero attached hydrogens (tertiary/aromatic N) is 2. The fourth-order valence-electron chi connectivity index (χ4n) is 2.42. The van der Waals surface area contributed by atoms with E-state index in [4.69, 9.17) is 5.21 Å². The third kappa shape index (κ3) is 5.04. The maximum atomic E-state index is 11.0. The van der Waals surface area contributed by atoms with Crippen LogP contribution in [0.4, 0.5) is 0 Å². The molecule has 0 aliphatic rings. The molecule has 0 aliphatic heterocycles. The SMILES string of the molecule is Cl.O=C(/C=C/c1cccc(Cn2cnc(-c3ccccc3)c2)c1)NO. The van der Waals surface area contributed by atoms with Crippen LogP contribution in [-0.4, -0.2) is 20.7 Å². The van der Waals surface area contributed by atoms with Crippen LogP contribution in [0.25, 0.3) is 17.3 Å². The van der Waals surface area contributed by atoms with E-state index in [1.54, 1.807) is 11.6 Å². The van der Waals surface area contributed by atoms with Crippen LogP contribution in [0, 0.1) is 0 Å². The van der Waals surface area contributed by atoms with Gasteiger partial charge in [-0.05, 0) is 23.3 Å². The summed E-state index contributed by atoms with van der Waals surface area (Å²) in [6.07, 6.45) is 6.75. The maximum absolute atomic E-state index is 11.0. The minimum atomic E-state index is -0.553. The molecule has 0 bridgehead atoms. The number of carbonyl (C=O) groups is 1. The van der Waals surface area contributed by atoms with Crippen LogP contribution in [0.3, 0.4) is 0 Å². The van der Waals surface area contributed by atoms with Gasteiger partial charge in [0.25, 0.3) is 5.91 Å². The number of imidazole rings is 1. The van der Waals surface area contributed by atoms with Crippen molar-refractivity contribution in [1.82, 2.24) is 15.0 Å². The van der Waals surface area contributed by atoms with Crippen LogP contribution in [0.2, 0.25) is 0 Å². The van der Waals surface area contributed by atoms with Gasteiger partial charge < -0.3 is 4.57 Å². The first-order valence-corrected chi connectivity index (χ1v) is 7.53. The molecule has 2 aromatic carbocycles. The van der Waals surface area contributed by atoms with Gasteiger partial charge in [0.15, 0.2) is 0 Å². The highest BCUT2D eigenvalue weighted by Gasteiger charge is 2.02. The van der Waals surface area contributed by atoms with E-state index in [9.17, 15) is 4.79 Å². The van der Waals surface area contributed by atoms with Gasteiger partial charge in [0, 0.05) is 24.4 Å². The number of aromatic nitrogens is 2. The van der Waals surface area contributed by atoms with Crippen molar-refractivity contribution < 1.29 is 10.0 Å². The van der Waals surface area contributed by atoms with Gasteiger partial charge in [-0.15, -0.1) is 12.4 Å². The monoisotopic (exact) mass is 355 g/mol. The number of hydrogen-bond donors (Lipinski definition) is 2. The van der Waals surface area contributed by atoms with Crippen LogP contribution < -0.4 is 5.48 Å². The average molecular weight is 356 g/mol. The van der Waals surface area contributed by atoms with E-state index >= 15 is 0 Å². The van der Waals surface area contributed by atoms with Gasteiger partial charge in [-0.25, -0.2) is 10.5 Å². The molecule has 0 saturated carbocycles. The molecule has 6 heteroatoms. The van der Waals surface area contributed by atoms with Gasteiger partial charge in [0.2, 0.25) is 0 Å². The molecule has 25 heavy (non-hydrogen) atoms. The Balaban J connectivity index is 0.00000225. The molecule has 0 radical (unpaired) electrons. The van der Waals surface area contributed by atoms with Crippen LogP contribution in [0.1, 0.15) is 11.1 Å². The zero-order valence-electron chi connectivity index (χ0n) is 13.4. The second kappa shape index (κ2) is 8.82. The number of carbonyl (C=O) groups excluding carboxylic acids is 1. The van der Waals surface area contributed by atoms with Crippen molar-refractivity contribution in [1.29, 1.82) is 0 Å². The van der Waals surface area contributed by atoms with E-state index in [1.807, 2.05) is 71.7 Å². The zero-order valence-corrected chi connectivity index (χ0v) is 14.2. The van der Waals surface area contributed by atoms with Crippen molar-refractivity contribution >= 4 is 24.4 Å². The van der Waals surface area contributed by atoms with Gasteiger partial charge in [0.1, 0.15) is 0 Å². The van der Waals surface area contributed by atoms with Gasteiger partial charge in [-0.2, -0.15) is 0 Å². The first kappa shape index (κ1) is 18.4. The molecule has 0 spiro atoms. The Morgan fingerprint density at radius 3 is 2.72 bits per heavy atom. The molecule has 2 N–H and O–H groups in total. The number of halogens is 1. The summed E-state index contributed by atoms with van der Waals surface area (Å²) in [5, 5.41) is 8.50. The molecule has 1 amide bonds. The van der Waals surface area contributed by atoms with Gasteiger partial charge >= 0.3 is 0 Å². The first-order chi connectivity index (χ1) is 11.7. The van der Waals surface area contributed by atoms with Crippen molar-refractivity contribution in [3.63, 3.8) is 0 Å². The molecule has 128 valence electrons. The highest BCUT2D eigenvalue weighted by Crippen LogP contribution is 2.17. The van der Waals surface area contributed by atoms with Gasteiger partial charge in [-0.3, -0.25) is 10.0 Å². The largest absolute Gasteiger partial charge is 0.332 e. The number of amides is 1. The molecule has 0 fully saturated rings. The van der Waals surface area contributed by atoms with E-state index in [1.165, 1.54) is 6.08 Å². The molecular weight excluding hydrogens is 338 g/mol. The van der Waals surface area contributed by atoms with E-state index in [-0.39, 0.29) is 12.4 Å². The number of nitrogens with one attached hydrogen (secondary N) is 1. The average Bonchev–Trinajstić information content (AvgIpc) is 3.09. The number of benzene rings is 2. The number of rotatable bonds is 5. The summed E-state index contributed by atoms with van der Waals surface area (Å²) in [7, 11) is 0. The summed E-state index contributed by atoms with van der Waals surface area (Å²) in [6, 6.07) is 17.9. The van der Waals surface area contributed by atoms with Crippen LogP contribution in [0.5, 0.6) is 0 Å². The van der Waals surface area contributed by atoms with Crippen LogP contribution in [-0.2, 0) is 11.3 Å². The van der Waals surface area contributed by atoms with Crippen molar-refractivity contribution in [2.75, 3.05) is 0 Å². The summed E-state index contributed by atoms with van der Waals surface area (Å²) in [5.74, 6) is -0.553. The van der Waals surface area contributed by atoms with Crippen molar-refractivity contribution in [2.24, 2.45) is 0 Å². The Morgan fingerprint density at radius 1 is 1.16 bits per heavy atom. The lowest BCUT2D eigenvalue weighted by atomic mass is 10.1. The Kier molecular flexibility index (Phi) is 6.51. The fraction of sp³-hybridized carbons (Fsp3) is 0.0526. The summed E-state index contributed by atoms with van der Waals surface area (Å²) < 4.78 is 2.02. The number of hydrogen-bond acceptors (Lipinski definition) is 3. The van der Waals surface area contributed by atoms with Gasteiger partial charge in [0.05, 0.1) is 12.0 Å². The Bertz CT molecular complexity index is 860. The summed E-state index contributed by atoms with van der Waals surface area (Å²) in [4.78, 5) is 15.5. The second-order valence-electron chi connectivity index (χ2n) is 5.35. The summed E-state index contributed by atoms with van der Waals surface area (Å²) >= 11 is 0. The predicted octanol–water partition coefficient (Wildman–Crippen LogP) is 3.54. The lowest BCUT2D eigenvalue weighted by Crippen LogP contribution is -2.14. The summed E-state index contributed by atoms with van der Waals surface area (Å²) in [5.41, 5.74) is 5.58. The highest BCUT2D eigenvalue weighted by molar-refractivity contribution is 5.90. The molecule has 0 saturated heterocycles. The summed E-state index contributed by atoms with van der Waals surface area (Å²) in [6.45, 7) is 0.688. The third-order valence-corrected chi connectivity index (χ3v) is 3.56. The Morgan fingerprint density at radius 2 is 1.96 bits per heavy atom. The van der Waals surface area contributed by atoms with Crippen LogP contribution in [0.15, 0.2) is 73.2 Å². The molecule has 3 aromatic rings. The Labute approximate surface area is 152 Å². The second-order valence-corrected chi connectivity index (χ2v) is 5.35. The Hall–Kier alpha value is -2.89. The highest BCUT2D eigenvalue weighted by atomic mass is 35.5. The number of hydroxylamine groups is 1. The third-order valence-electron chi connectivity index (χ3n) is 3.56. The normalized spacial score (nSPS) is 10.4. The molecule has 0 atom stereocenters. The van der Waals surface area contributed by atoms with E-state index in [0.29, 0.717) is 6.54 Å². The molecular formula is C19H18ClN3O2. The van der Waals surface area contributed by atoms with E-state index in [0.717, 1.165) is 22.4 Å². The lowest BCUT2D eigenvalue weighted by Gasteiger charge is -2.04. The predicted molar refractivity (Wildman–Crippen MR) is 99.4 cm³/mol. The minimum Gasteiger partial charge on any atom is -0.332 e. The standard InChI is InChI=1S/C19H17N3O2.ClH/c23-19(21-24)10-9-15-5-4-6-16(11-15)12-22-13-18(20-14-22)17-7-2-1-3-8-17;/h1-11,13-14,24H,12H2,(H,21,23);1H/b10-9+;. The maximum Gasteiger partial charge on any atom is 0.267 e. The molecule has 5 nitrogen and oxygen atoms in total. The van der Waals surface area contributed by atoms with Gasteiger partial charge in [-0.1, -0.05) is 48.5 Å². The first-order valence-electron chi connectivity index (χ1n) is 7.53. The quantitative estimate of drug-likeness (QED) is 0.418. The molecule has 1 aromatic heterocycles. The molecule has 3 rings (SSSR count). The van der Waals surface area contributed by atoms with Crippen molar-refractivity contribution in [3.05, 3.63) is 84.3 Å². The topological polar surface area (TPSA) is 67.2 Å². The van der Waals surface area contributed by atoms with E-state index in [2.05, 4.69) is 4.98 Å². The van der Waals surface area contributed by atoms with Crippen molar-refractivity contribution in [2.45, 2.75) is 6.54 Å². The molecule has 0 unspecified atom stereocenters. The molecule has 0 aliphatic carbocycles. The smallest absolute Gasteiger partial charge is 0.267 e. The molecule has 1 heterocycles. The van der Waals surface area contributed by atoms with Crippen LogP contribution >= 0.6 is 12.4 Å². The lowest BCUT2D eigenvalue weighted by molar-refractivity contribution is -0.124. The zero-order chi connectivity index (χ0) is 16.8. The fourth-order valence-corrected chi connectivity index (χ4v) is 2.42.